The molecule has 0 aromatic heterocycles. The average molecular weight is 411 g/mol. The summed E-state index contributed by atoms with van der Waals surface area (Å²) in [6.07, 6.45) is 0.964. The number of aliphatic hydroxyl groups is 1. The zero-order valence-corrected chi connectivity index (χ0v) is 19.4. The maximum Gasteiger partial charge on any atom is 0.202 e. The molecule has 0 saturated heterocycles. The zero-order chi connectivity index (χ0) is 20.6. The summed E-state index contributed by atoms with van der Waals surface area (Å²) < 4.78 is 32.8. The van der Waals surface area contributed by atoms with Crippen LogP contribution in [0.3, 0.4) is 0 Å². The molecule has 0 saturated carbocycles. The van der Waals surface area contributed by atoms with E-state index in [1.165, 1.54) is 0 Å². The minimum Gasteiger partial charge on any atom is -0.413 e. The fourth-order valence-electron chi connectivity index (χ4n) is 3.23. The molecule has 0 amide bonds. The number of hydrogen-bond acceptors (Lipinski definition) is 4. The highest BCUT2D eigenvalue weighted by atomic mass is 32.2. The average Bonchev–Trinajstić information content (AvgIpc) is 2.67. The van der Waals surface area contributed by atoms with Crippen molar-refractivity contribution in [3.8, 4) is 0 Å². The van der Waals surface area contributed by atoms with Gasteiger partial charge in [0.15, 0.2) is 8.32 Å². The van der Waals surface area contributed by atoms with Crippen LogP contribution in [0.5, 0.6) is 0 Å². The third-order valence-corrected chi connectivity index (χ3v) is 12.5. The van der Waals surface area contributed by atoms with Crippen molar-refractivity contribution in [2.24, 2.45) is 11.8 Å². The minimum atomic E-state index is -3.61. The molecule has 0 aliphatic heterocycles. The second kappa shape index (κ2) is 7.82. The molecule has 0 unspecified atom stereocenters. The Balaban J connectivity index is 2.41. The van der Waals surface area contributed by atoms with E-state index in [0.717, 1.165) is 0 Å². The SMILES string of the molecule is C[C@@H]1[C@H](O[Si](C)(C)C(C)(C)C)[C@@H](C)C=C(S(=O)(=O)c2ccccc2)C[C@H]1O. The topological polar surface area (TPSA) is 63.6 Å². The van der Waals surface area contributed by atoms with Crippen LogP contribution >= 0.6 is 0 Å². The highest BCUT2D eigenvalue weighted by Crippen LogP contribution is 2.41. The van der Waals surface area contributed by atoms with Crippen LogP contribution in [0.2, 0.25) is 18.1 Å². The Hall–Kier alpha value is -0.953. The first kappa shape index (κ1) is 22.3. The van der Waals surface area contributed by atoms with Gasteiger partial charge in [0.05, 0.1) is 17.1 Å². The standard InChI is InChI=1S/C21H34O4SSi/c1-15-13-18(26(23,24)17-11-9-8-10-12-17)14-19(22)16(2)20(15)25-27(6,7)21(3,4)5/h8-13,15-16,19-20,22H,14H2,1-7H3/t15-,16-,19+,20+/m0/s1. The fourth-order valence-corrected chi connectivity index (χ4v) is 6.29. The highest BCUT2D eigenvalue weighted by molar-refractivity contribution is 7.95. The van der Waals surface area contributed by atoms with Crippen LogP contribution in [0.25, 0.3) is 0 Å². The second-order valence-corrected chi connectivity index (χ2v) is 16.0. The molecule has 1 aromatic carbocycles. The van der Waals surface area contributed by atoms with Crippen molar-refractivity contribution in [3.63, 3.8) is 0 Å². The normalized spacial score (nSPS) is 27.8. The zero-order valence-electron chi connectivity index (χ0n) is 17.6. The third-order valence-electron chi connectivity index (χ3n) is 6.14. The minimum absolute atomic E-state index is 0.0480. The fraction of sp³-hybridized carbons (Fsp3) is 0.619. The van der Waals surface area contributed by atoms with Gasteiger partial charge in [0, 0.05) is 23.2 Å². The Labute approximate surface area is 165 Å². The van der Waals surface area contributed by atoms with E-state index in [1.54, 1.807) is 36.4 Å². The molecule has 27 heavy (non-hydrogen) atoms. The van der Waals surface area contributed by atoms with Crippen LogP contribution in [0.15, 0.2) is 46.2 Å². The number of sulfone groups is 1. The van der Waals surface area contributed by atoms with E-state index in [2.05, 4.69) is 33.9 Å². The Morgan fingerprint density at radius 2 is 1.67 bits per heavy atom. The molecule has 1 N–H and O–H groups in total. The van der Waals surface area contributed by atoms with Crippen LogP contribution in [0.1, 0.15) is 41.0 Å². The van der Waals surface area contributed by atoms with Gasteiger partial charge >= 0.3 is 0 Å². The molecule has 4 nitrogen and oxygen atoms in total. The quantitative estimate of drug-likeness (QED) is 0.726. The van der Waals surface area contributed by atoms with E-state index in [0.29, 0.717) is 4.91 Å². The van der Waals surface area contributed by atoms with E-state index < -0.39 is 24.3 Å². The molecule has 6 heteroatoms. The van der Waals surface area contributed by atoms with Crippen LogP contribution in [0, 0.1) is 11.8 Å². The number of aliphatic hydroxyl groups excluding tert-OH is 1. The lowest BCUT2D eigenvalue weighted by Gasteiger charge is -2.42. The van der Waals surface area contributed by atoms with Gasteiger partial charge in [-0.2, -0.15) is 0 Å². The molecular weight excluding hydrogens is 376 g/mol. The molecule has 0 heterocycles. The predicted octanol–water partition coefficient (Wildman–Crippen LogP) is 4.77. The summed E-state index contributed by atoms with van der Waals surface area (Å²) in [5.74, 6) is -0.242. The van der Waals surface area contributed by atoms with Crippen molar-refractivity contribution >= 4 is 18.2 Å². The van der Waals surface area contributed by atoms with Crippen molar-refractivity contribution in [3.05, 3.63) is 41.3 Å². The van der Waals surface area contributed by atoms with Crippen molar-refractivity contribution in [1.82, 2.24) is 0 Å². The third kappa shape index (κ3) is 4.73. The van der Waals surface area contributed by atoms with Crippen LogP contribution in [-0.2, 0) is 14.3 Å². The lowest BCUT2D eigenvalue weighted by molar-refractivity contribution is 0.0170. The first-order chi connectivity index (χ1) is 12.3. The number of hydrogen-bond donors (Lipinski definition) is 1. The van der Waals surface area contributed by atoms with Crippen LogP contribution in [0.4, 0.5) is 0 Å². The monoisotopic (exact) mass is 410 g/mol. The molecule has 4 atom stereocenters. The molecule has 1 aliphatic rings. The van der Waals surface area contributed by atoms with Crippen molar-refractivity contribution < 1.29 is 18.0 Å². The molecule has 1 aromatic rings. The van der Waals surface area contributed by atoms with Gasteiger partial charge in [-0.25, -0.2) is 8.42 Å². The van der Waals surface area contributed by atoms with Gasteiger partial charge in [-0.05, 0) is 30.3 Å². The Morgan fingerprint density at radius 1 is 1.11 bits per heavy atom. The summed E-state index contributed by atoms with van der Waals surface area (Å²) in [5.41, 5.74) is 0. The first-order valence-electron chi connectivity index (χ1n) is 9.64. The Kier molecular flexibility index (Phi) is 6.47. The summed E-state index contributed by atoms with van der Waals surface area (Å²) in [6, 6.07) is 8.44. The molecule has 0 spiro atoms. The molecular formula is C21H34O4SSi. The summed E-state index contributed by atoms with van der Waals surface area (Å²) in [5, 5.41) is 10.8. The van der Waals surface area contributed by atoms with Gasteiger partial charge in [-0.15, -0.1) is 0 Å². The number of rotatable bonds is 4. The van der Waals surface area contributed by atoms with Gasteiger partial charge in [0.25, 0.3) is 0 Å². The van der Waals surface area contributed by atoms with Gasteiger partial charge in [-0.1, -0.05) is 58.9 Å². The molecule has 0 bridgehead atoms. The van der Waals surface area contributed by atoms with E-state index >= 15 is 0 Å². The largest absolute Gasteiger partial charge is 0.413 e. The maximum atomic E-state index is 13.1. The summed E-state index contributed by atoms with van der Waals surface area (Å²) >= 11 is 0. The second-order valence-electron chi connectivity index (χ2n) is 9.28. The van der Waals surface area contributed by atoms with Crippen LogP contribution < -0.4 is 0 Å². The molecule has 0 radical (unpaired) electrons. The van der Waals surface area contributed by atoms with Gasteiger partial charge in [0.1, 0.15) is 0 Å². The predicted molar refractivity (Wildman–Crippen MR) is 113 cm³/mol. The first-order valence-corrected chi connectivity index (χ1v) is 14.0. The molecule has 152 valence electrons. The summed E-state index contributed by atoms with van der Waals surface area (Å²) in [4.78, 5) is 0.564. The van der Waals surface area contributed by atoms with E-state index in [4.69, 9.17) is 4.43 Å². The molecule has 0 fully saturated rings. The lowest BCUT2D eigenvalue weighted by atomic mass is 9.91. The van der Waals surface area contributed by atoms with Gasteiger partial charge in [0.2, 0.25) is 9.84 Å². The smallest absolute Gasteiger partial charge is 0.202 e. The van der Waals surface area contributed by atoms with Gasteiger partial charge < -0.3 is 9.53 Å². The van der Waals surface area contributed by atoms with Crippen LogP contribution in [-0.4, -0.2) is 34.0 Å². The van der Waals surface area contributed by atoms with Crippen molar-refractivity contribution in [2.75, 3.05) is 0 Å². The summed E-state index contributed by atoms with van der Waals surface area (Å²) in [7, 11) is -5.66. The van der Waals surface area contributed by atoms with E-state index in [-0.39, 0.29) is 34.3 Å². The van der Waals surface area contributed by atoms with E-state index in [1.807, 2.05) is 13.8 Å². The summed E-state index contributed by atoms with van der Waals surface area (Å²) in [6.45, 7) is 14.9. The van der Waals surface area contributed by atoms with Crippen molar-refractivity contribution in [1.29, 1.82) is 0 Å². The molecule has 1 aliphatic carbocycles. The van der Waals surface area contributed by atoms with Gasteiger partial charge in [-0.3, -0.25) is 0 Å². The Bertz CT molecular complexity index is 778. The number of benzene rings is 1. The van der Waals surface area contributed by atoms with Crippen molar-refractivity contribution in [2.45, 2.75) is 76.3 Å². The molecule has 2 rings (SSSR count). The maximum absolute atomic E-state index is 13.1. The highest BCUT2D eigenvalue weighted by Gasteiger charge is 2.44. The van der Waals surface area contributed by atoms with E-state index in [9.17, 15) is 13.5 Å². The Morgan fingerprint density at radius 3 is 2.19 bits per heavy atom. The lowest BCUT2D eigenvalue weighted by Crippen LogP contribution is -2.48.